The number of hydrogen-bond donors (Lipinski definition) is 1. The second-order valence-electron chi connectivity index (χ2n) is 4.60. The first-order valence-electron chi connectivity index (χ1n) is 5.47. The van der Waals surface area contributed by atoms with E-state index in [9.17, 15) is 9.90 Å². The second-order valence-corrected chi connectivity index (χ2v) is 4.60. The normalized spacial score (nSPS) is 23.9. The van der Waals surface area contributed by atoms with Crippen molar-refractivity contribution in [2.45, 2.75) is 18.9 Å². The summed E-state index contributed by atoms with van der Waals surface area (Å²) in [6, 6.07) is 0. The van der Waals surface area contributed by atoms with Crippen LogP contribution in [0.25, 0.3) is 0 Å². The van der Waals surface area contributed by atoms with Gasteiger partial charge in [0.05, 0.1) is 12.4 Å². The minimum absolute atomic E-state index is 0.0537. The molecule has 1 N–H and O–H groups in total. The summed E-state index contributed by atoms with van der Waals surface area (Å²) in [4.78, 5) is 17.6. The van der Waals surface area contributed by atoms with Gasteiger partial charge in [0, 0.05) is 26.8 Å². The molecule has 5 heteroatoms. The molecule has 1 aromatic rings. The monoisotopic (exact) mass is 223 g/mol. The fourth-order valence-electron chi connectivity index (χ4n) is 2.04. The van der Waals surface area contributed by atoms with Gasteiger partial charge in [-0.1, -0.05) is 0 Å². The molecule has 1 amide bonds. The Morgan fingerprint density at radius 3 is 2.88 bits per heavy atom. The van der Waals surface area contributed by atoms with Crippen LogP contribution >= 0.6 is 0 Å². The lowest BCUT2D eigenvalue weighted by Crippen LogP contribution is -2.39. The molecule has 88 valence electrons. The lowest BCUT2D eigenvalue weighted by molar-refractivity contribution is 0.0264. The molecule has 1 fully saturated rings. The Morgan fingerprint density at radius 1 is 1.69 bits per heavy atom. The van der Waals surface area contributed by atoms with Crippen LogP contribution in [0.3, 0.4) is 0 Å². The SMILES string of the molecule is CN(CC1CC(O)C1)C(=O)c1cn(C)cn1. The molecule has 1 aliphatic carbocycles. The smallest absolute Gasteiger partial charge is 0.273 e. The predicted octanol–water partition coefficient (Wildman–Crippen LogP) is 0.263. The molecule has 0 unspecified atom stereocenters. The van der Waals surface area contributed by atoms with E-state index in [0.29, 0.717) is 18.2 Å². The van der Waals surface area contributed by atoms with Crippen LogP contribution in [0, 0.1) is 5.92 Å². The molecule has 16 heavy (non-hydrogen) atoms. The Kier molecular flexibility index (Phi) is 2.96. The molecule has 0 radical (unpaired) electrons. The van der Waals surface area contributed by atoms with Crippen LogP contribution in [0.4, 0.5) is 0 Å². The summed E-state index contributed by atoms with van der Waals surface area (Å²) in [6.45, 7) is 0.701. The van der Waals surface area contributed by atoms with Gasteiger partial charge in [-0.2, -0.15) is 0 Å². The zero-order chi connectivity index (χ0) is 11.7. The summed E-state index contributed by atoms with van der Waals surface area (Å²) in [6.07, 6.45) is 4.78. The third kappa shape index (κ3) is 2.24. The lowest BCUT2D eigenvalue weighted by atomic mass is 9.82. The van der Waals surface area contributed by atoms with Gasteiger partial charge in [-0.3, -0.25) is 4.79 Å². The van der Waals surface area contributed by atoms with Gasteiger partial charge < -0.3 is 14.6 Å². The quantitative estimate of drug-likeness (QED) is 0.799. The summed E-state index contributed by atoms with van der Waals surface area (Å²) in [7, 11) is 3.62. The minimum atomic E-state index is -0.164. The maximum Gasteiger partial charge on any atom is 0.273 e. The van der Waals surface area contributed by atoms with Gasteiger partial charge in [0.25, 0.3) is 5.91 Å². The first-order valence-corrected chi connectivity index (χ1v) is 5.47. The maximum atomic E-state index is 11.9. The van der Waals surface area contributed by atoms with E-state index in [2.05, 4.69) is 4.98 Å². The van der Waals surface area contributed by atoms with Crippen molar-refractivity contribution in [1.82, 2.24) is 14.5 Å². The molecule has 0 atom stereocenters. The van der Waals surface area contributed by atoms with Crippen molar-refractivity contribution in [2.24, 2.45) is 13.0 Å². The number of hydrogen-bond acceptors (Lipinski definition) is 3. The van der Waals surface area contributed by atoms with Gasteiger partial charge in [-0.15, -0.1) is 0 Å². The highest BCUT2D eigenvalue weighted by Gasteiger charge is 2.29. The molecular weight excluding hydrogens is 206 g/mol. The number of aliphatic hydroxyl groups excluding tert-OH is 1. The predicted molar refractivity (Wildman–Crippen MR) is 58.9 cm³/mol. The van der Waals surface area contributed by atoms with E-state index in [1.807, 2.05) is 7.05 Å². The molecular formula is C11H17N3O2. The summed E-state index contributed by atoms with van der Waals surface area (Å²) >= 11 is 0. The fourth-order valence-corrected chi connectivity index (χ4v) is 2.04. The highest BCUT2D eigenvalue weighted by atomic mass is 16.3. The highest BCUT2D eigenvalue weighted by Crippen LogP contribution is 2.27. The van der Waals surface area contributed by atoms with Crippen molar-refractivity contribution >= 4 is 5.91 Å². The second kappa shape index (κ2) is 4.25. The van der Waals surface area contributed by atoms with Gasteiger partial charge in [0.1, 0.15) is 5.69 Å². The molecule has 1 heterocycles. The molecule has 0 saturated heterocycles. The minimum Gasteiger partial charge on any atom is -0.393 e. The van der Waals surface area contributed by atoms with E-state index in [1.54, 1.807) is 29.0 Å². The number of aryl methyl sites for hydroxylation is 1. The van der Waals surface area contributed by atoms with Crippen LogP contribution < -0.4 is 0 Å². The zero-order valence-corrected chi connectivity index (χ0v) is 9.63. The van der Waals surface area contributed by atoms with Crippen molar-refractivity contribution < 1.29 is 9.90 Å². The number of rotatable bonds is 3. The van der Waals surface area contributed by atoms with Crippen molar-refractivity contribution in [3.05, 3.63) is 18.2 Å². The molecule has 1 aromatic heterocycles. The van der Waals surface area contributed by atoms with Crippen molar-refractivity contribution in [1.29, 1.82) is 0 Å². The van der Waals surface area contributed by atoms with E-state index in [1.165, 1.54) is 0 Å². The van der Waals surface area contributed by atoms with Crippen molar-refractivity contribution in [2.75, 3.05) is 13.6 Å². The van der Waals surface area contributed by atoms with Crippen molar-refractivity contribution in [3.63, 3.8) is 0 Å². The Bertz CT molecular complexity index is 382. The van der Waals surface area contributed by atoms with Crippen LogP contribution in [0.5, 0.6) is 0 Å². The van der Waals surface area contributed by atoms with Gasteiger partial charge in [0.2, 0.25) is 0 Å². The van der Waals surface area contributed by atoms with Gasteiger partial charge in [0.15, 0.2) is 0 Å². The summed E-state index contributed by atoms with van der Waals surface area (Å²) in [5.41, 5.74) is 0.477. The summed E-state index contributed by atoms with van der Waals surface area (Å²) in [5, 5.41) is 9.17. The first-order chi connectivity index (χ1) is 7.56. The Balaban J connectivity index is 1.89. The highest BCUT2D eigenvalue weighted by molar-refractivity contribution is 5.91. The molecule has 0 aromatic carbocycles. The van der Waals surface area contributed by atoms with Crippen LogP contribution in [0.1, 0.15) is 23.3 Å². The maximum absolute atomic E-state index is 11.9. The number of nitrogens with zero attached hydrogens (tertiary/aromatic N) is 3. The average Bonchev–Trinajstić information content (AvgIpc) is 2.61. The first kappa shape index (κ1) is 11.1. The molecule has 1 aliphatic rings. The van der Waals surface area contributed by atoms with Crippen LogP contribution in [-0.4, -0.2) is 45.2 Å². The van der Waals surface area contributed by atoms with E-state index in [0.717, 1.165) is 12.8 Å². The van der Waals surface area contributed by atoms with Gasteiger partial charge in [-0.25, -0.2) is 4.98 Å². The molecule has 0 spiro atoms. The van der Waals surface area contributed by atoms with E-state index >= 15 is 0 Å². The molecule has 0 aliphatic heterocycles. The Morgan fingerprint density at radius 2 is 2.38 bits per heavy atom. The summed E-state index contributed by atoms with van der Waals surface area (Å²) in [5.74, 6) is 0.384. The van der Waals surface area contributed by atoms with Crippen molar-refractivity contribution in [3.8, 4) is 0 Å². The standard InChI is InChI=1S/C11H17N3O2/c1-13-6-10(12-7-13)11(16)14(2)5-8-3-9(15)4-8/h6-9,15H,3-5H2,1-2H3. The summed E-state index contributed by atoms with van der Waals surface area (Å²) < 4.78 is 1.76. The Labute approximate surface area is 94.7 Å². The number of amides is 1. The number of carbonyl (C=O) groups is 1. The van der Waals surface area contributed by atoms with E-state index in [-0.39, 0.29) is 12.0 Å². The topological polar surface area (TPSA) is 58.4 Å². The molecule has 0 bridgehead atoms. The molecule has 1 saturated carbocycles. The van der Waals surface area contributed by atoms with Crippen LogP contribution in [-0.2, 0) is 7.05 Å². The van der Waals surface area contributed by atoms with Gasteiger partial charge >= 0.3 is 0 Å². The number of aliphatic hydroxyl groups is 1. The average molecular weight is 223 g/mol. The zero-order valence-electron chi connectivity index (χ0n) is 9.63. The van der Waals surface area contributed by atoms with E-state index < -0.39 is 0 Å². The number of imidazole rings is 1. The number of carbonyl (C=O) groups excluding carboxylic acids is 1. The third-order valence-corrected chi connectivity index (χ3v) is 3.01. The number of aromatic nitrogens is 2. The van der Waals surface area contributed by atoms with E-state index in [4.69, 9.17) is 0 Å². The fraction of sp³-hybridized carbons (Fsp3) is 0.636. The van der Waals surface area contributed by atoms with Crippen LogP contribution in [0.15, 0.2) is 12.5 Å². The van der Waals surface area contributed by atoms with Crippen LogP contribution in [0.2, 0.25) is 0 Å². The molecule has 2 rings (SSSR count). The molecule has 5 nitrogen and oxygen atoms in total. The third-order valence-electron chi connectivity index (χ3n) is 3.01. The largest absolute Gasteiger partial charge is 0.393 e. The van der Waals surface area contributed by atoms with Gasteiger partial charge in [-0.05, 0) is 18.8 Å². The lowest BCUT2D eigenvalue weighted by Gasteiger charge is -2.34. The Hall–Kier alpha value is -1.36.